The van der Waals surface area contributed by atoms with E-state index in [1.54, 1.807) is 0 Å². The molecule has 5 heterocycles. The third-order valence-corrected chi connectivity index (χ3v) is 12.9. The number of furan rings is 1. The Bertz CT molecular complexity index is 3810. The Morgan fingerprint density at radius 1 is 0.644 bits per heavy atom. The van der Waals surface area contributed by atoms with Gasteiger partial charge in [-0.3, -0.25) is 0 Å². The van der Waals surface area contributed by atoms with Gasteiger partial charge in [0.2, 0.25) is 0 Å². The van der Waals surface area contributed by atoms with Crippen molar-refractivity contribution in [1.29, 1.82) is 0 Å². The summed E-state index contributed by atoms with van der Waals surface area (Å²) in [6, 6.07) is 42.1. The molecule has 0 bridgehead atoms. The van der Waals surface area contributed by atoms with Gasteiger partial charge in [-0.25, -0.2) is 0 Å². The first-order valence-corrected chi connectivity index (χ1v) is 20.3. The van der Waals surface area contributed by atoms with Crippen LogP contribution in [-0.4, -0.2) is 8.80 Å². The summed E-state index contributed by atoms with van der Waals surface area (Å²) in [4.78, 5) is 2.33. The van der Waals surface area contributed by atoms with Gasteiger partial charge in [-0.05, 0) is 73.4 Å². The van der Waals surface area contributed by atoms with E-state index in [1.807, 2.05) is 24.3 Å². The van der Waals surface area contributed by atoms with Crippen molar-refractivity contribution < 1.29 is 4.42 Å². The minimum atomic E-state index is 0.915. The van der Waals surface area contributed by atoms with Gasteiger partial charge in [0.25, 0.3) is 0 Å². The smallest absolute Gasteiger partial charge is 0.155 e. The van der Waals surface area contributed by atoms with Gasteiger partial charge in [0.15, 0.2) is 5.76 Å². The predicted octanol–water partition coefficient (Wildman–Crippen LogP) is 13.1. The number of allylic oxidation sites excluding steroid dienone is 5. The highest BCUT2D eigenvalue weighted by Gasteiger charge is 2.31. The second-order valence-corrected chi connectivity index (χ2v) is 15.9. The monoisotopic (exact) mass is 757 g/mol. The fourth-order valence-corrected chi connectivity index (χ4v) is 10.4. The van der Waals surface area contributed by atoms with Gasteiger partial charge < -0.3 is 18.1 Å². The Labute approximate surface area is 340 Å². The van der Waals surface area contributed by atoms with E-state index in [4.69, 9.17) is 4.42 Å². The molecular formula is C55H39N3O. The van der Waals surface area contributed by atoms with E-state index >= 15 is 0 Å². The molecule has 0 radical (unpaired) electrons. The molecule has 0 N–H and O–H groups in total. The number of para-hydroxylation sites is 3. The second-order valence-electron chi connectivity index (χ2n) is 15.9. The Hall–Kier alpha value is -7.56. The maximum Gasteiger partial charge on any atom is 0.155 e. The zero-order valence-electron chi connectivity index (χ0n) is 32.8. The van der Waals surface area contributed by atoms with Crippen molar-refractivity contribution in [2.24, 2.45) is 0 Å². The highest BCUT2D eigenvalue weighted by Crippen LogP contribution is 2.47. The number of hydrogen-bond acceptors (Lipinski definition) is 2. The zero-order valence-corrected chi connectivity index (χ0v) is 32.8. The molecule has 1 aliphatic rings. The van der Waals surface area contributed by atoms with E-state index < -0.39 is 0 Å². The maximum absolute atomic E-state index is 7.06. The van der Waals surface area contributed by atoms with Crippen LogP contribution in [0.25, 0.3) is 106 Å². The van der Waals surface area contributed by atoms with Crippen LogP contribution in [0.15, 0.2) is 175 Å². The van der Waals surface area contributed by atoms with Crippen molar-refractivity contribution in [3.8, 4) is 11.1 Å². The Kier molecular flexibility index (Phi) is 6.95. The second kappa shape index (κ2) is 12.2. The Morgan fingerprint density at radius 3 is 2.02 bits per heavy atom. The number of hydrogen-bond donors (Lipinski definition) is 0. The lowest BCUT2D eigenvalue weighted by Gasteiger charge is -2.32. The SMILES string of the molecule is C=C/C=c1\c(=C)n2c3cc4c5cccc6c7cc(N(C8=C(C)CCc9c8oc8c(-c%10ccccc%10)cccc98)/C(C=C)=C/C=C)ccc7n(c4cc3c3cccc1c32)c65. The first-order valence-electron chi connectivity index (χ1n) is 20.3. The molecule has 0 spiro atoms. The van der Waals surface area contributed by atoms with Crippen molar-refractivity contribution in [2.45, 2.75) is 19.8 Å². The molecule has 0 aliphatic heterocycles. The molecule has 0 amide bonds. The largest absolute Gasteiger partial charge is 0.454 e. The summed E-state index contributed by atoms with van der Waals surface area (Å²) in [5.41, 5.74) is 14.7. The molecule has 0 saturated carbocycles. The number of aryl methyl sites for hydroxylation is 1. The van der Waals surface area contributed by atoms with Gasteiger partial charge in [0.1, 0.15) is 5.58 Å². The minimum Gasteiger partial charge on any atom is -0.454 e. The topological polar surface area (TPSA) is 25.2 Å². The zero-order chi connectivity index (χ0) is 39.7. The lowest BCUT2D eigenvalue weighted by Crippen LogP contribution is -2.23. The number of benzene rings is 6. The van der Waals surface area contributed by atoms with Crippen LogP contribution in [0.4, 0.5) is 5.69 Å². The van der Waals surface area contributed by atoms with E-state index in [9.17, 15) is 0 Å². The van der Waals surface area contributed by atoms with Crippen LogP contribution in [0.1, 0.15) is 24.7 Å². The lowest BCUT2D eigenvalue weighted by molar-refractivity contribution is 0.586. The van der Waals surface area contributed by atoms with E-state index in [1.165, 1.54) is 81.8 Å². The van der Waals surface area contributed by atoms with Crippen LogP contribution < -0.4 is 15.5 Å². The maximum atomic E-state index is 7.06. The summed E-state index contributed by atoms with van der Waals surface area (Å²) < 4.78 is 11.9. The molecule has 5 aromatic heterocycles. The predicted molar refractivity (Wildman–Crippen MR) is 251 cm³/mol. The van der Waals surface area contributed by atoms with Gasteiger partial charge in [0.05, 0.1) is 33.3 Å². The number of nitrogens with zero attached hydrogens (tertiary/aromatic N) is 3. The lowest BCUT2D eigenvalue weighted by atomic mass is 9.91. The van der Waals surface area contributed by atoms with E-state index in [-0.39, 0.29) is 0 Å². The quantitative estimate of drug-likeness (QED) is 0.151. The van der Waals surface area contributed by atoms with Crippen molar-refractivity contribution in [3.05, 3.63) is 192 Å². The van der Waals surface area contributed by atoms with Gasteiger partial charge in [-0.1, -0.05) is 129 Å². The molecule has 280 valence electrons. The van der Waals surface area contributed by atoms with Crippen LogP contribution in [0.5, 0.6) is 0 Å². The van der Waals surface area contributed by atoms with Crippen LogP contribution in [0, 0.1) is 0 Å². The fraction of sp³-hybridized carbons (Fsp3) is 0.0545. The molecule has 4 nitrogen and oxygen atoms in total. The van der Waals surface area contributed by atoms with Crippen molar-refractivity contribution in [1.82, 2.24) is 8.80 Å². The molecule has 0 atom stereocenters. The van der Waals surface area contributed by atoms with Crippen LogP contribution in [-0.2, 0) is 6.42 Å². The first-order chi connectivity index (χ1) is 29.0. The minimum absolute atomic E-state index is 0.915. The number of rotatable bonds is 7. The molecule has 11 aromatic rings. The van der Waals surface area contributed by atoms with E-state index in [2.05, 4.69) is 168 Å². The third-order valence-electron chi connectivity index (χ3n) is 12.9. The Morgan fingerprint density at radius 2 is 1.31 bits per heavy atom. The number of anilines is 1. The summed E-state index contributed by atoms with van der Waals surface area (Å²) in [7, 11) is 0. The van der Waals surface area contributed by atoms with E-state index in [0.717, 1.165) is 63.0 Å². The molecule has 6 aromatic carbocycles. The molecule has 0 saturated heterocycles. The third kappa shape index (κ3) is 4.38. The molecule has 1 aliphatic carbocycles. The summed E-state index contributed by atoms with van der Waals surface area (Å²) in [6.45, 7) is 19.2. The molecule has 4 heteroatoms. The summed E-state index contributed by atoms with van der Waals surface area (Å²) in [5, 5.41) is 11.8. The van der Waals surface area contributed by atoms with Gasteiger partial charge in [-0.15, -0.1) is 0 Å². The number of fused-ring (bicyclic) bond motifs is 12. The van der Waals surface area contributed by atoms with Crippen molar-refractivity contribution >= 4 is 100 Å². The average molecular weight is 758 g/mol. The molecular weight excluding hydrogens is 719 g/mol. The Balaban J connectivity index is 1.10. The summed E-state index contributed by atoms with van der Waals surface area (Å²) >= 11 is 0. The summed E-state index contributed by atoms with van der Waals surface area (Å²) in [5.74, 6) is 0.915. The molecule has 59 heavy (non-hydrogen) atoms. The number of aromatic nitrogens is 2. The molecule has 0 unspecified atom stereocenters. The highest BCUT2D eigenvalue weighted by atomic mass is 16.3. The summed E-state index contributed by atoms with van der Waals surface area (Å²) in [6.07, 6.45) is 11.6. The van der Waals surface area contributed by atoms with Crippen molar-refractivity contribution in [2.75, 3.05) is 4.90 Å². The van der Waals surface area contributed by atoms with Gasteiger partial charge in [-0.2, -0.15) is 0 Å². The van der Waals surface area contributed by atoms with Gasteiger partial charge in [0, 0.05) is 76.2 Å². The highest BCUT2D eigenvalue weighted by molar-refractivity contribution is 6.27. The van der Waals surface area contributed by atoms with E-state index in [0.29, 0.717) is 0 Å². The van der Waals surface area contributed by atoms with Crippen molar-refractivity contribution in [3.63, 3.8) is 0 Å². The van der Waals surface area contributed by atoms with Crippen LogP contribution in [0.3, 0.4) is 0 Å². The normalized spacial score (nSPS) is 14.1. The average Bonchev–Trinajstić information content (AvgIpc) is 4.05. The molecule has 12 rings (SSSR count). The molecule has 0 fully saturated rings. The standard InChI is InChI=1S/C55H39N3O/c1-6-15-35(8-3)57(51-32(4)25-27-44-43-24-12-19-38(54(43)59-55(44)51)34-17-10-9-11-18-34)36-26-28-48-45(29-36)40-21-14-23-42-47-30-49-46(31-50(47)58(48)53(40)42)41-22-13-20-39-37(16-7-2)33(5)56(49)52(39)41/h6-24,26,28-31H,1-3,5,25,27H2,4H3/b35-15+,37-16+. The van der Waals surface area contributed by atoms with Gasteiger partial charge >= 0.3 is 0 Å². The van der Waals surface area contributed by atoms with Crippen LogP contribution in [0.2, 0.25) is 0 Å². The van der Waals surface area contributed by atoms with Crippen LogP contribution >= 0.6 is 0 Å². The first kappa shape index (κ1) is 33.6. The fourth-order valence-electron chi connectivity index (χ4n) is 10.4.